The summed E-state index contributed by atoms with van der Waals surface area (Å²) in [7, 11) is -1.90. The van der Waals surface area contributed by atoms with E-state index in [9.17, 15) is 8.42 Å². The van der Waals surface area contributed by atoms with Crippen molar-refractivity contribution in [2.24, 2.45) is 0 Å². The molecule has 0 aliphatic carbocycles. The molecule has 1 aliphatic rings. The molecule has 1 aliphatic heterocycles. The molecule has 1 aromatic rings. The van der Waals surface area contributed by atoms with E-state index in [1.54, 1.807) is 18.3 Å². The molecular weight excluding hydrogens is 178 g/mol. The van der Waals surface area contributed by atoms with Crippen molar-refractivity contribution in [1.29, 1.82) is 0 Å². The summed E-state index contributed by atoms with van der Waals surface area (Å²) in [5.41, 5.74) is 0.528. The first-order valence-corrected chi connectivity index (χ1v) is 4.77. The SMILES string of the molecule is CN1c2ncccc2NS1(=O)=O. The van der Waals surface area contributed by atoms with Gasteiger partial charge in [0.25, 0.3) is 0 Å². The largest absolute Gasteiger partial charge is 0.325 e. The maximum atomic E-state index is 11.2. The summed E-state index contributed by atoms with van der Waals surface area (Å²) in [6, 6.07) is 3.35. The molecule has 0 spiro atoms. The number of pyridine rings is 1. The third-order valence-corrected chi connectivity index (χ3v) is 3.06. The standard InChI is InChI=1S/C6H7N3O2S/c1-9-6-5(3-2-4-7-6)8-12(9,10)11/h2-4,8H,1H3. The van der Waals surface area contributed by atoms with Crippen LogP contribution in [0.25, 0.3) is 0 Å². The van der Waals surface area contributed by atoms with Crippen molar-refractivity contribution in [3.63, 3.8) is 0 Å². The van der Waals surface area contributed by atoms with Crippen molar-refractivity contribution in [2.45, 2.75) is 0 Å². The topological polar surface area (TPSA) is 62.3 Å². The fraction of sp³-hybridized carbons (Fsp3) is 0.167. The van der Waals surface area contributed by atoms with Crippen LogP contribution in [0, 0.1) is 0 Å². The second-order valence-electron chi connectivity index (χ2n) is 2.45. The molecule has 0 saturated carbocycles. The van der Waals surface area contributed by atoms with Crippen LogP contribution in [0.1, 0.15) is 0 Å². The highest BCUT2D eigenvalue weighted by Crippen LogP contribution is 2.30. The maximum absolute atomic E-state index is 11.2. The molecule has 0 atom stereocenters. The molecular formula is C6H7N3O2S. The zero-order valence-electron chi connectivity index (χ0n) is 6.35. The Morgan fingerprint density at radius 2 is 2.33 bits per heavy atom. The van der Waals surface area contributed by atoms with Crippen molar-refractivity contribution in [2.75, 3.05) is 16.1 Å². The van der Waals surface area contributed by atoms with Gasteiger partial charge in [0.05, 0.1) is 5.69 Å². The van der Waals surface area contributed by atoms with Gasteiger partial charge in [-0.2, -0.15) is 8.42 Å². The van der Waals surface area contributed by atoms with Gasteiger partial charge in [-0.3, -0.25) is 4.72 Å². The van der Waals surface area contributed by atoms with Crippen LogP contribution in [0.3, 0.4) is 0 Å². The molecule has 2 heterocycles. The summed E-state index contributed by atoms with van der Waals surface area (Å²) in [5.74, 6) is 0.442. The monoisotopic (exact) mass is 185 g/mol. The molecule has 0 radical (unpaired) electrons. The fourth-order valence-corrected chi connectivity index (χ4v) is 2.00. The van der Waals surface area contributed by atoms with Crippen LogP contribution in [-0.2, 0) is 10.2 Å². The summed E-state index contributed by atoms with van der Waals surface area (Å²) >= 11 is 0. The van der Waals surface area contributed by atoms with E-state index in [1.807, 2.05) is 0 Å². The Morgan fingerprint density at radius 1 is 1.58 bits per heavy atom. The molecule has 0 fully saturated rings. The van der Waals surface area contributed by atoms with E-state index < -0.39 is 10.2 Å². The Labute approximate surface area is 70.2 Å². The first-order chi connectivity index (χ1) is 5.61. The van der Waals surface area contributed by atoms with E-state index in [1.165, 1.54) is 7.05 Å². The highest BCUT2D eigenvalue weighted by atomic mass is 32.2. The summed E-state index contributed by atoms with van der Waals surface area (Å²) in [5, 5.41) is 0. The highest BCUT2D eigenvalue weighted by molar-refractivity contribution is 7.94. The number of rotatable bonds is 0. The molecule has 6 heteroatoms. The van der Waals surface area contributed by atoms with E-state index in [-0.39, 0.29) is 0 Å². The lowest BCUT2D eigenvalue weighted by Gasteiger charge is -2.06. The minimum atomic E-state index is -3.36. The third-order valence-electron chi connectivity index (χ3n) is 1.68. The summed E-state index contributed by atoms with van der Waals surface area (Å²) in [4.78, 5) is 3.92. The summed E-state index contributed by atoms with van der Waals surface area (Å²) in [6.45, 7) is 0. The van der Waals surface area contributed by atoms with Crippen molar-refractivity contribution >= 4 is 21.7 Å². The second kappa shape index (κ2) is 2.10. The number of fused-ring (bicyclic) bond motifs is 1. The van der Waals surface area contributed by atoms with Crippen molar-refractivity contribution in [3.8, 4) is 0 Å². The molecule has 0 aromatic carbocycles. The Bertz CT molecular complexity index is 415. The van der Waals surface area contributed by atoms with Gasteiger partial charge >= 0.3 is 10.2 Å². The number of nitrogens with one attached hydrogen (secondary N) is 1. The first kappa shape index (κ1) is 7.35. The van der Waals surface area contributed by atoms with Gasteiger partial charge in [0, 0.05) is 13.2 Å². The van der Waals surface area contributed by atoms with E-state index >= 15 is 0 Å². The van der Waals surface area contributed by atoms with E-state index in [0.717, 1.165) is 4.31 Å². The Hall–Kier alpha value is -1.30. The molecule has 5 nitrogen and oxygen atoms in total. The Kier molecular flexibility index (Phi) is 1.29. The van der Waals surface area contributed by atoms with Gasteiger partial charge in [-0.1, -0.05) is 0 Å². The number of hydrogen-bond donors (Lipinski definition) is 1. The lowest BCUT2D eigenvalue weighted by atomic mass is 10.4. The first-order valence-electron chi connectivity index (χ1n) is 3.33. The number of nitrogens with zero attached hydrogens (tertiary/aromatic N) is 2. The lowest BCUT2D eigenvalue weighted by Crippen LogP contribution is -2.25. The highest BCUT2D eigenvalue weighted by Gasteiger charge is 2.29. The fourth-order valence-electron chi connectivity index (χ4n) is 1.05. The molecule has 64 valence electrons. The van der Waals surface area contributed by atoms with Gasteiger partial charge in [-0.15, -0.1) is 0 Å². The van der Waals surface area contributed by atoms with Crippen LogP contribution in [-0.4, -0.2) is 20.4 Å². The molecule has 1 aromatic heterocycles. The van der Waals surface area contributed by atoms with Crippen LogP contribution < -0.4 is 9.03 Å². The predicted octanol–water partition coefficient (Wildman–Crippen LogP) is 0.188. The van der Waals surface area contributed by atoms with Gasteiger partial charge in [-0.25, -0.2) is 9.29 Å². The smallest absolute Gasteiger partial charge is 0.263 e. The normalized spacial score (nSPS) is 18.6. The molecule has 12 heavy (non-hydrogen) atoms. The minimum Gasteiger partial charge on any atom is -0.263 e. The predicted molar refractivity (Wildman–Crippen MR) is 45.2 cm³/mol. The maximum Gasteiger partial charge on any atom is 0.325 e. The van der Waals surface area contributed by atoms with Crippen LogP contribution in [0.5, 0.6) is 0 Å². The Balaban J connectivity index is 2.64. The molecule has 0 saturated heterocycles. The summed E-state index contributed by atoms with van der Waals surface area (Å²) < 4.78 is 25.9. The number of hydrogen-bond acceptors (Lipinski definition) is 3. The molecule has 0 bridgehead atoms. The van der Waals surface area contributed by atoms with E-state index in [0.29, 0.717) is 11.5 Å². The van der Waals surface area contributed by atoms with Gasteiger partial charge < -0.3 is 0 Å². The van der Waals surface area contributed by atoms with Crippen molar-refractivity contribution in [1.82, 2.24) is 4.98 Å². The van der Waals surface area contributed by atoms with Crippen molar-refractivity contribution < 1.29 is 8.42 Å². The average Bonchev–Trinajstić information content (AvgIpc) is 2.24. The summed E-state index contributed by atoms with van der Waals surface area (Å²) in [6.07, 6.45) is 1.55. The van der Waals surface area contributed by atoms with Crippen LogP contribution in [0.4, 0.5) is 11.5 Å². The van der Waals surface area contributed by atoms with Crippen LogP contribution >= 0.6 is 0 Å². The van der Waals surface area contributed by atoms with Crippen molar-refractivity contribution in [3.05, 3.63) is 18.3 Å². The van der Waals surface area contributed by atoms with Gasteiger partial charge in [-0.05, 0) is 12.1 Å². The molecule has 0 amide bonds. The minimum absolute atomic E-state index is 0.442. The van der Waals surface area contributed by atoms with Crippen LogP contribution in [0.2, 0.25) is 0 Å². The molecule has 2 rings (SSSR count). The Morgan fingerprint density at radius 3 is 3.00 bits per heavy atom. The van der Waals surface area contributed by atoms with Crippen LogP contribution in [0.15, 0.2) is 18.3 Å². The zero-order chi connectivity index (χ0) is 8.77. The quantitative estimate of drug-likeness (QED) is 0.627. The average molecular weight is 185 g/mol. The van der Waals surface area contributed by atoms with E-state index in [2.05, 4.69) is 9.71 Å². The second-order valence-corrected chi connectivity index (χ2v) is 4.15. The van der Waals surface area contributed by atoms with Gasteiger partial charge in [0.15, 0.2) is 5.82 Å². The molecule has 0 unspecified atom stereocenters. The third kappa shape index (κ3) is 0.845. The molecule has 1 N–H and O–H groups in total. The lowest BCUT2D eigenvalue weighted by molar-refractivity contribution is 0.601. The number of aromatic nitrogens is 1. The van der Waals surface area contributed by atoms with Gasteiger partial charge in [0.1, 0.15) is 0 Å². The number of anilines is 2. The zero-order valence-corrected chi connectivity index (χ0v) is 7.17. The van der Waals surface area contributed by atoms with E-state index in [4.69, 9.17) is 0 Å². The van der Waals surface area contributed by atoms with Gasteiger partial charge in [0.2, 0.25) is 0 Å².